The van der Waals surface area contributed by atoms with E-state index in [-0.39, 0.29) is 0 Å². The fraction of sp³-hybridized carbons (Fsp3) is 0.667. The normalized spacial score (nSPS) is 9.62. The van der Waals surface area contributed by atoms with Gasteiger partial charge in [-0.3, -0.25) is 0 Å². The lowest BCUT2D eigenvalue weighted by Gasteiger charge is -2.03. The molecular weight excluding hydrogens is 172 g/mol. The van der Waals surface area contributed by atoms with Crippen molar-refractivity contribution < 1.29 is 19.0 Å². The van der Waals surface area contributed by atoms with Crippen LogP contribution < -0.4 is 0 Å². The first-order chi connectivity index (χ1) is 6.31. The summed E-state index contributed by atoms with van der Waals surface area (Å²) in [6.45, 7) is 5.39. The zero-order valence-corrected chi connectivity index (χ0v) is 7.95. The van der Waals surface area contributed by atoms with Crippen LogP contribution in [0.2, 0.25) is 0 Å². The Bertz CT molecular complexity index is 145. The first-order valence-corrected chi connectivity index (χ1v) is 4.17. The lowest BCUT2D eigenvalue weighted by molar-refractivity contribution is -0.138. The van der Waals surface area contributed by atoms with Gasteiger partial charge in [0, 0.05) is 26.2 Å². The Labute approximate surface area is 78.5 Å². The van der Waals surface area contributed by atoms with Gasteiger partial charge in [-0.05, 0) is 0 Å². The molecule has 4 nitrogen and oxygen atoms in total. The third-order valence-corrected chi connectivity index (χ3v) is 1.28. The van der Waals surface area contributed by atoms with Crippen molar-refractivity contribution in [1.82, 2.24) is 0 Å². The Morgan fingerprint density at radius 1 is 1.31 bits per heavy atom. The predicted molar refractivity (Wildman–Crippen MR) is 48.5 cm³/mol. The third-order valence-electron chi connectivity index (χ3n) is 1.28. The molecule has 0 fully saturated rings. The monoisotopic (exact) mass is 188 g/mol. The van der Waals surface area contributed by atoms with E-state index in [9.17, 15) is 4.79 Å². The molecular formula is C9H16O4. The van der Waals surface area contributed by atoms with Gasteiger partial charge in [-0.2, -0.15) is 0 Å². The predicted octanol–water partition coefficient (Wildman–Crippen LogP) is 0.769. The minimum absolute atomic E-state index is 0.373. The summed E-state index contributed by atoms with van der Waals surface area (Å²) in [5, 5.41) is 0. The Morgan fingerprint density at radius 3 is 2.69 bits per heavy atom. The van der Waals surface area contributed by atoms with Crippen molar-refractivity contribution in [3.8, 4) is 0 Å². The van der Waals surface area contributed by atoms with Crippen LogP contribution in [0.3, 0.4) is 0 Å². The molecule has 0 unspecified atom stereocenters. The summed E-state index contributed by atoms with van der Waals surface area (Å²) >= 11 is 0. The molecule has 0 atom stereocenters. The number of hydrogen-bond donors (Lipinski definition) is 0. The molecule has 0 rings (SSSR count). The number of hydrogen-bond acceptors (Lipinski definition) is 4. The zero-order chi connectivity index (χ0) is 9.94. The van der Waals surface area contributed by atoms with Crippen LogP contribution in [0.15, 0.2) is 12.7 Å². The maximum absolute atomic E-state index is 10.5. The second-order valence-corrected chi connectivity index (χ2v) is 2.33. The summed E-state index contributed by atoms with van der Waals surface area (Å²) in [6, 6.07) is 0. The maximum Gasteiger partial charge on any atom is 0.330 e. The van der Waals surface area contributed by atoms with E-state index in [1.54, 1.807) is 7.11 Å². The van der Waals surface area contributed by atoms with E-state index >= 15 is 0 Å². The summed E-state index contributed by atoms with van der Waals surface area (Å²) in [4.78, 5) is 10.5. The van der Waals surface area contributed by atoms with Crippen LogP contribution in [0.25, 0.3) is 0 Å². The minimum Gasteiger partial charge on any atom is -0.462 e. The summed E-state index contributed by atoms with van der Waals surface area (Å²) < 4.78 is 14.7. The zero-order valence-electron chi connectivity index (χ0n) is 7.95. The van der Waals surface area contributed by atoms with Crippen LogP contribution in [0.4, 0.5) is 0 Å². The van der Waals surface area contributed by atoms with Crippen LogP contribution in [0, 0.1) is 0 Å². The molecule has 0 N–H and O–H groups in total. The fourth-order valence-corrected chi connectivity index (χ4v) is 0.637. The molecule has 0 aromatic heterocycles. The van der Waals surface area contributed by atoms with E-state index in [1.807, 2.05) is 0 Å². The molecule has 0 saturated heterocycles. The third kappa shape index (κ3) is 9.04. The van der Waals surface area contributed by atoms with Crippen molar-refractivity contribution in [2.24, 2.45) is 0 Å². The van der Waals surface area contributed by atoms with Gasteiger partial charge in [0.05, 0.1) is 19.8 Å². The Hall–Kier alpha value is -0.870. The number of esters is 1. The SMILES string of the molecule is C=CC(=O)OCCCOCCOC. The number of carbonyl (C=O) groups excluding carboxylic acids is 1. The molecule has 4 heteroatoms. The molecule has 0 amide bonds. The van der Waals surface area contributed by atoms with E-state index in [4.69, 9.17) is 14.2 Å². The van der Waals surface area contributed by atoms with Gasteiger partial charge >= 0.3 is 5.97 Å². The van der Waals surface area contributed by atoms with E-state index in [1.165, 1.54) is 0 Å². The van der Waals surface area contributed by atoms with Gasteiger partial charge in [-0.25, -0.2) is 4.79 Å². The van der Waals surface area contributed by atoms with Crippen molar-refractivity contribution in [2.45, 2.75) is 6.42 Å². The molecule has 0 spiro atoms. The van der Waals surface area contributed by atoms with Crippen molar-refractivity contribution in [3.05, 3.63) is 12.7 Å². The van der Waals surface area contributed by atoms with E-state index < -0.39 is 5.97 Å². The smallest absolute Gasteiger partial charge is 0.330 e. The molecule has 76 valence electrons. The van der Waals surface area contributed by atoms with Crippen molar-refractivity contribution >= 4 is 5.97 Å². The van der Waals surface area contributed by atoms with Gasteiger partial charge in [0.15, 0.2) is 0 Å². The first-order valence-electron chi connectivity index (χ1n) is 4.17. The van der Waals surface area contributed by atoms with E-state index in [0.29, 0.717) is 32.8 Å². The molecule has 0 heterocycles. The molecule has 0 aliphatic carbocycles. The fourth-order valence-electron chi connectivity index (χ4n) is 0.637. The molecule has 0 saturated carbocycles. The van der Waals surface area contributed by atoms with Crippen LogP contribution in [-0.2, 0) is 19.0 Å². The summed E-state index contributed by atoms with van der Waals surface area (Å²) in [5.74, 6) is -0.392. The minimum atomic E-state index is -0.392. The van der Waals surface area contributed by atoms with Gasteiger partial charge in [-0.1, -0.05) is 6.58 Å². The van der Waals surface area contributed by atoms with E-state index in [2.05, 4.69) is 6.58 Å². The van der Waals surface area contributed by atoms with Gasteiger partial charge in [0.1, 0.15) is 0 Å². The molecule has 13 heavy (non-hydrogen) atoms. The van der Waals surface area contributed by atoms with Crippen LogP contribution in [0.1, 0.15) is 6.42 Å². The second kappa shape index (κ2) is 9.22. The summed E-state index contributed by atoms with van der Waals surface area (Å²) in [5.41, 5.74) is 0. The lowest BCUT2D eigenvalue weighted by atomic mass is 10.5. The average Bonchev–Trinajstić information content (AvgIpc) is 2.16. The van der Waals surface area contributed by atoms with Crippen molar-refractivity contribution in [3.63, 3.8) is 0 Å². The number of carbonyl (C=O) groups is 1. The largest absolute Gasteiger partial charge is 0.462 e. The summed E-state index contributed by atoms with van der Waals surface area (Å²) in [7, 11) is 1.62. The number of ether oxygens (including phenoxy) is 3. The van der Waals surface area contributed by atoms with Crippen LogP contribution in [-0.4, -0.2) is 39.5 Å². The highest BCUT2D eigenvalue weighted by atomic mass is 16.5. The number of rotatable bonds is 8. The van der Waals surface area contributed by atoms with Gasteiger partial charge in [0.25, 0.3) is 0 Å². The maximum atomic E-state index is 10.5. The van der Waals surface area contributed by atoms with Crippen LogP contribution >= 0.6 is 0 Å². The topological polar surface area (TPSA) is 44.8 Å². The average molecular weight is 188 g/mol. The molecule has 0 bridgehead atoms. The first kappa shape index (κ1) is 12.1. The van der Waals surface area contributed by atoms with Crippen molar-refractivity contribution in [2.75, 3.05) is 33.5 Å². The molecule has 0 aliphatic heterocycles. The molecule has 0 aromatic rings. The van der Waals surface area contributed by atoms with Gasteiger partial charge < -0.3 is 14.2 Å². The highest BCUT2D eigenvalue weighted by molar-refractivity contribution is 5.81. The van der Waals surface area contributed by atoms with Gasteiger partial charge in [-0.15, -0.1) is 0 Å². The number of methoxy groups -OCH3 is 1. The quantitative estimate of drug-likeness (QED) is 0.320. The molecule has 0 aliphatic rings. The summed E-state index contributed by atoms with van der Waals surface area (Å²) in [6.07, 6.45) is 1.84. The second-order valence-electron chi connectivity index (χ2n) is 2.33. The van der Waals surface area contributed by atoms with Crippen LogP contribution in [0.5, 0.6) is 0 Å². The highest BCUT2D eigenvalue weighted by Gasteiger charge is 1.94. The molecule has 0 aromatic carbocycles. The lowest BCUT2D eigenvalue weighted by Crippen LogP contribution is -2.07. The Kier molecular flexibility index (Phi) is 8.60. The highest BCUT2D eigenvalue weighted by Crippen LogP contribution is 1.86. The molecule has 0 radical (unpaired) electrons. The Morgan fingerprint density at radius 2 is 2.08 bits per heavy atom. The van der Waals surface area contributed by atoms with Crippen molar-refractivity contribution in [1.29, 1.82) is 0 Å². The standard InChI is InChI=1S/C9H16O4/c1-3-9(10)13-6-4-5-12-8-7-11-2/h3H,1,4-8H2,2H3. The Balaban J connectivity index is 2.99. The van der Waals surface area contributed by atoms with E-state index in [0.717, 1.165) is 6.08 Å². The van der Waals surface area contributed by atoms with Gasteiger partial charge in [0.2, 0.25) is 0 Å².